The van der Waals surface area contributed by atoms with Crippen molar-refractivity contribution in [2.24, 2.45) is 0 Å². The third-order valence-electron chi connectivity index (χ3n) is 9.29. The van der Waals surface area contributed by atoms with Crippen molar-refractivity contribution in [2.45, 2.75) is 44.3 Å². The van der Waals surface area contributed by atoms with Gasteiger partial charge in [-0.1, -0.05) is 42.5 Å². The fourth-order valence-corrected chi connectivity index (χ4v) is 7.22. The minimum atomic E-state index is -0.655. The Kier molecular flexibility index (Phi) is 5.79. The van der Waals surface area contributed by atoms with E-state index in [1.807, 2.05) is 17.0 Å². The lowest BCUT2D eigenvalue weighted by molar-refractivity contribution is 0.108. The molecule has 0 amide bonds. The van der Waals surface area contributed by atoms with Gasteiger partial charge in [0.2, 0.25) is 0 Å². The van der Waals surface area contributed by atoms with Gasteiger partial charge in [0.05, 0.1) is 10.9 Å². The molecule has 0 unspecified atom stereocenters. The van der Waals surface area contributed by atoms with Gasteiger partial charge in [0.25, 0.3) is 0 Å². The maximum atomic E-state index is 16.5. The monoisotopic (exact) mass is 565 g/mol. The summed E-state index contributed by atoms with van der Waals surface area (Å²) in [6, 6.07) is 15.6. The van der Waals surface area contributed by atoms with Crippen LogP contribution in [0.1, 0.15) is 36.8 Å². The summed E-state index contributed by atoms with van der Waals surface area (Å²) >= 11 is 0. The molecule has 8 rings (SSSR count). The molecular formula is C33H29F2N5O2. The highest BCUT2D eigenvalue weighted by molar-refractivity contribution is 5.99. The van der Waals surface area contributed by atoms with Crippen LogP contribution in [0.2, 0.25) is 0 Å². The Morgan fingerprint density at radius 1 is 0.929 bits per heavy atom. The molecule has 3 aromatic carbocycles. The van der Waals surface area contributed by atoms with Crippen LogP contribution in [-0.4, -0.2) is 50.2 Å². The normalized spacial score (nSPS) is 17.7. The summed E-state index contributed by atoms with van der Waals surface area (Å²) in [7, 11) is 0. The van der Waals surface area contributed by atoms with Gasteiger partial charge >= 0.3 is 6.01 Å². The van der Waals surface area contributed by atoms with E-state index < -0.39 is 11.6 Å². The summed E-state index contributed by atoms with van der Waals surface area (Å²) in [5.74, 6) is -0.392. The van der Waals surface area contributed by atoms with E-state index in [-0.39, 0.29) is 28.5 Å². The first kappa shape index (κ1) is 25.3. The van der Waals surface area contributed by atoms with Gasteiger partial charge in [-0.25, -0.2) is 8.78 Å². The minimum Gasteiger partial charge on any atom is -0.508 e. The number of aromatic hydroxyl groups is 1. The van der Waals surface area contributed by atoms with Crippen molar-refractivity contribution in [2.75, 3.05) is 24.6 Å². The van der Waals surface area contributed by atoms with Gasteiger partial charge in [0.1, 0.15) is 35.2 Å². The van der Waals surface area contributed by atoms with Crippen LogP contribution in [0.25, 0.3) is 32.9 Å². The molecule has 0 bridgehead atoms. The minimum absolute atomic E-state index is 0.0208. The molecule has 2 aromatic heterocycles. The topological polar surface area (TPSA) is 74.6 Å². The number of phenols is 1. The van der Waals surface area contributed by atoms with Crippen LogP contribution >= 0.6 is 0 Å². The van der Waals surface area contributed by atoms with E-state index in [1.165, 1.54) is 6.07 Å². The van der Waals surface area contributed by atoms with Crippen molar-refractivity contribution in [3.05, 3.63) is 83.6 Å². The van der Waals surface area contributed by atoms with Crippen LogP contribution in [-0.2, 0) is 13.1 Å². The standard InChI is InChI=1S/C33H29F2N5O2/c34-25-10-2-7-20-6-1-9-22(27(20)25)29-28(35)30-23(16-36-29)31(39-17-21-8-3-11-26(41)24(21)18-39)38-32(37-30)42-19-33-12-4-14-40(33)15-5-13-33/h1-3,6-11,16,41H,4-5,12-15,17-19H2. The van der Waals surface area contributed by atoms with E-state index in [4.69, 9.17) is 9.72 Å². The van der Waals surface area contributed by atoms with Gasteiger partial charge in [-0.3, -0.25) is 9.88 Å². The summed E-state index contributed by atoms with van der Waals surface area (Å²) in [4.78, 5) is 18.4. The summed E-state index contributed by atoms with van der Waals surface area (Å²) in [5.41, 5.74) is 2.21. The van der Waals surface area contributed by atoms with Gasteiger partial charge < -0.3 is 14.7 Å². The predicted molar refractivity (Wildman–Crippen MR) is 156 cm³/mol. The van der Waals surface area contributed by atoms with E-state index in [1.54, 1.807) is 42.6 Å². The fourth-order valence-electron chi connectivity index (χ4n) is 7.22. The van der Waals surface area contributed by atoms with Crippen molar-refractivity contribution in [1.82, 2.24) is 19.9 Å². The maximum Gasteiger partial charge on any atom is 0.319 e. The number of fused-ring (bicyclic) bond motifs is 4. The SMILES string of the molecule is Oc1cccc2c1CN(c1nc(OCC34CCCN3CCC4)nc3c(F)c(-c4cccc5cccc(F)c45)ncc13)C2. The van der Waals surface area contributed by atoms with E-state index in [0.717, 1.165) is 49.9 Å². The summed E-state index contributed by atoms with van der Waals surface area (Å²) in [6.07, 6.45) is 5.94. The molecule has 1 N–H and O–H groups in total. The first-order chi connectivity index (χ1) is 20.5. The third kappa shape index (κ3) is 3.90. The highest BCUT2D eigenvalue weighted by Crippen LogP contribution is 2.41. The Hall–Kier alpha value is -4.37. The molecule has 0 spiro atoms. The number of ether oxygens (including phenoxy) is 1. The number of pyridine rings is 1. The zero-order valence-electron chi connectivity index (χ0n) is 23.0. The molecule has 42 heavy (non-hydrogen) atoms. The van der Waals surface area contributed by atoms with Crippen LogP contribution in [0.5, 0.6) is 11.8 Å². The molecule has 7 nitrogen and oxygen atoms in total. The Labute approximate surface area is 241 Å². The van der Waals surface area contributed by atoms with Crippen LogP contribution in [0.4, 0.5) is 14.6 Å². The van der Waals surface area contributed by atoms with E-state index in [0.29, 0.717) is 47.2 Å². The molecule has 0 atom stereocenters. The summed E-state index contributed by atoms with van der Waals surface area (Å²) in [5, 5.41) is 11.9. The number of hydrogen-bond acceptors (Lipinski definition) is 7. The van der Waals surface area contributed by atoms with E-state index in [9.17, 15) is 5.11 Å². The second kappa shape index (κ2) is 9.59. The number of hydrogen-bond donors (Lipinski definition) is 1. The number of anilines is 1. The lowest BCUT2D eigenvalue weighted by Crippen LogP contribution is -2.43. The number of nitrogens with zero attached hydrogens (tertiary/aromatic N) is 5. The molecule has 0 aliphatic carbocycles. The second-order valence-electron chi connectivity index (χ2n) is 11.6. The predicted octanol–water partition coefficient (Wildman–Crippen LogP) is 6.36. The van der Waals surface area contributed by atoms with Crippen LogP contribution in [0.3, 0.4) is 0 Å². The summed E-state index contributed by atoms with van der Waals surface area (Å²) in [6.45, 7) is 3.46. The largest absolute Gasteiger partial charge is 0.508 e. The van der Waals surface area contributed by atoms with E-state index >= 15 is 8.78 Å². The molecule has 9 heteroatoms. The fraction of sp³-hybridized carbons (Fsp3) is 0.303. The van der Waals surface area contributed by atoms with Crippen LogP contribution < -0.4 is 9.64 Å². The smallest absolute Gasteiger partial charge is 0.319 e. The van der Waals surface area contributed by atoms with Crippen LogP contribution in [0, 0.1) is 11.6 Å². The van der Waals surface area contributed by atoms with Gasteiger partial charge in [0, 0.05) is 35.8 Å². The zero-order valence-corrected chi connectivity index (χ0v) is 23.0. The Balaban J connectivity index is 1.26. The molecule has 0 radical (unpaired) electrons. The molecule has 0 saturated carbocycles. The van der Waals surface area contributed by atoms with Crippen molar-refractivity contribution in [3.8, 4) is 23.0 Å². The van der Waals surface area contributed by atoms with Crippen molar-refractivity contribution >= 4 is 27.5 Å². The van der Waals surface area contributed by atoms with Crippen molar-refractivity contribution in [3.63, 3.8) is 0 Å². The lowest BCUT2D eigenvalue weighted by atomic mass is 9.95. The average molecular weight is 566 g/mol. The van der Waals surface area contributed by atoms with Crippen molar-refractivity contribution in [1.29, 1.82) is 0 Å². The number of aromatic nitrogens is 3. The molecular weight excluding hydrogens is 536 g/mol. The Bertz CT molecular complexity index is 1860. The number of halogens is 2. The lowest BCUT2D eigenvalue weighted by Gasteiger charge is -2.31. The Morgan fingerprint density at radius 3 is 2.52 bits per heavy atom. The molecule has 3 aliphatic heterocycles. The quantitative estimate of drug-likeness (QED) is 0.266. The molecule has 5 heterocycles. The maximum absolute atomic E-state index is 16.5. The first-order valence-electron chi connectivity index (χ1n) is 14.5. The highest BCUT2D eigenvalue weighted by Gasteiger charge is 2.45. The van der Waals surface area contributed by atoms with Gasteiger partial charge in [-0.05, 0) is 61.9 Å². The molecule has 2 saturated heterocycles. The van der Waals surface area contributed by atoms with E-state index in [2.05, 4.69) is 14.9 Å². The highest BCUT2D eigenvalue weighted by atomic mass is 19.1. The molecule has 5 aromatic rings. The first-order valence-corrected chi connectivity index (χ1v) is 14.5. The second-order valence-corrected chi connectivity index (χ2v) is 11.6. The molecule has 3 aliphatic rings. The molecule has 2 fully saturated rings. The van der Waals surface area contributed by atoms with Gasteiger partial charge in [0.15, 0.2) is 5.82 Å². The number of benzene rings is 3. The van der Waals surface area contributed by atoms with Crippen molar-refractivity contribution < 1.29 is 18.6 Å². The number of phenolic OH excluding ortho intramolecular Hbond substituents is 1. The molecule has 212 valence electrons. The van der Waals surface area contributed by atoms with Gasteiger partial charge in [-0.15, -0.1) is 0 Å². The van der Waals surface area contributed by atoms with Gasteiger partial charge in [-0.2, -0.15) is 9.97 Å². The Morgan fingerprint density at radius 2 is 1.71 bits per heavy atom. The zero-order chi connectivity index (χ0) is 28.4. The number of rotatable bonds is 5. The average Bonchev–Trinajstić information content (AvgIpc) is 3.71. The third-order valence-corrected chi connectivity index (χ3v) is 9.29. The van der Waals surface area contributed by atoms with Crippen LogP contribution in [0.15, 0.2) is 60.8 Å². The summed E-state index contributed by atoms with van der Waals surface area (Å²) < 4.78 is 37.9.